The maximum Gasteiger partial charge on any atom is 0.120 e. The summed E-state index contributed by atoms with van der Waals surface area (Å²) < 4.78 is 5.25. The Balaban J connectivity index is 2.38. The van der Waals surface area contributed by atoms with Crippen LogP contribution in [0.15, 0.2) is 33.9 Å². The van der Waals surface area contributed by atoms with Crippen LogP contribution in [0.2, 0.25) is 0 Å². The molecule has 0 amide bonds. The minimum Gasteiger partial charge on any atom is -0.468 e. The average Bonchev–Trinajstić information content (AvgIpc) is 2.66. The van der Waals surface area contributed by atoms with Gasteiger partial charge in [0.15, 0.2) is 0 Å². The molecule has 0 spiro atoms. The van der Waals surface area contributed by atoms with Crippen molar-refractivity contribution in [1.29, 1.82) is 0 Å². The normalized spacial score (nSPS) is 14.5. The second kappa shape index (κ2) is 5.10. The van der Waals surface area contributed by atoms with Crippen molar-refractivity contribution >= 4 is 11.6 Å². The van der Waals surface area contributed by atoms with Crippen molar-refractivity contribution < 1.29 is 4.42 Å². The molecule has 1 atom stereocenters. The first kappa shape index (κ1) is 10.4. The number of hydrogen-bond donors (Lipinski definition) is 1. The van der Waals surface area contributed by atoms with Gasteiger partial charge in [0, 0.05) is 12.1 Å². The van der Waals surface area contributed by atoms with Gasteiger partial charge in [0.05, 0.1) is 12.3 Å². The lowest BCUT2D eigenvalue weighted by Crippen LogP contribution is -2.19. The minimum atomic E-state index is 0.224. The van der Waals surface area contributed by atoms with Crippen LogP contribution in [-0.2, 0) is 0 Å². The maximum atomic E-state index is 5.53. The van der Waals surface area contributed by atoms with Crippen molar-refractivity contribution in [3.05, 3.63) is 35.3 Å². The van der Waals surface area contributed by atoms with Crippen LogP contribution in [0.5, 0.6) is 0 Å². The molecule has 0 aliphatic heterocycles. The Bertz CT molecular complexity index is 266. The molecule has 0 fully saturated rings. The van der Waals surface area contributed by atoms with Gasteiger partial charge in [-0.3, -0.25) is 0 Å². The molecular weight excluding hydrogens is 186 g/mol. The summed E-state index contributed by atoms with van der Waals surface area (Å²) >= 11 is 5.53. The van der Waals surface area contributed by atoms with E-state index in [1.54, 1.807) is 11.8 Å². The summed E-state index contributed by atoms with van der Waals surface area (Å²) in [4.78, 5) is 0. The smallest absolute Gasteiger partial charge is 0.120 e. The van der Waals surface area contributed by atoms with E-state index >= 15 is 0 Å². The second-order valence-corrected chi connectivity index (χ2v) is 3.29. The summed E-state index contributed by atoms with van der Waals surface area (Å²) in [5.41, 5.74) is 2.70. The summed E-state index contributed by atoms with van der Waals surface area (Å²) in [6.45, 7) is 4.82. The molecule has 0 saturated heterocycles. The van der Waals surface area contributed by atoms with Gasteiger partial charge < -0.3 is 9.73 Å². The molecule has 2 nitrogen and oxygen atoms in total. The van der Waals surface area contributed by atoms with Crippen molar-refractivity contribution in [2.75, 3.05) is 6.54 Å². The molecule has 3 heteroatoms. The average molecular weight is 200 g/mol. The highest BCUT2D eigenvalue weighted by molar-refractivity contribution is 6.25. The van der Waals surface area contributed by atoms with E-state index in [1.165, 1.54) is 0 Å². The van der Waals surface area contributed by atoms with E-state index in [4.69, 9.17) is 16.0 Å². The first-order valence-electron chi connectivity index (χ1n) is 4.26. The monoisotopic (exact) mass is 199 g/mol. The van der Waals surface area contributed by atoms with Crippen molar-refractivity contribution in [2.45, 2.75) is 19.9 Å². The quantitative estimate of drug-likeness (QED) is 0.807. The van der Waals surface area contributed by atoms with Crippen LogP contribution in [-0.4, -0.2) is 6.54 Å². The molecule has 0 aromatic carbocycles. The van der Waals surface area contributed by atoms with Crippen molar-refractivity contribution in [3.63, 3.8) is 0 Å². The van der Waals surface area contributed by atoms with Gasteiger partial charge in [-0.2, -0.15) is 0 Å². The zero-order valence-electron chi connectivity index (χ0n) is 7.88. The van der Waals surface area contributed by atoms with Gasteiger partial charge >= 0.3 is 0 Å². The molecule has 0 bridgehead atoms. The van der Waals surface area contributed by atoms with Crippen LogP contribution in [0.4, 0.5) is 0 Å². The SMILES string of the molecule is C/C(=C\Cl)CN[C@H](C)c1ccco1. The third kappa shape index (κ3) is 3.25. The standard InChI is InChI=1S/C10H14ClNO/c1-8(6-11)7-12-9(2)10-4-3-5-13-10/h3-6,9,12H,7H2,1-2H3/b8-6+/t9-/m1/s1. The summed E-state index contributed by atoms with van der Waals surface area (Å²) in [5.74, 6) is 0.947. The lowest BCUT2D eigenvalue weighted by Gasteiger charge is -2.10. The predicted molar refractivity (Wildman–Crippen MR) is 54.7 cm³/mol. The van der Waals surface area contributed by atoms with E-state index in [9.17, 15) is 0 Å². The first-order valence-corrected chi connectivity index (χ1v) is 4.70. The number of hydrogen-bond acceptors (Lipinski definition) is 2. The molecule has 1 N–H and O–H groups in total. The second-order valence-electron chi connectivity index (χ2n) is 3.07. The highest BCUT2D eigenvalue weighted by atomic mass is 35.5. The van der Waals surface area contributed by atoms with E-state index in [-0.39, 0.29) is 6.04 Å². The fourth-order valence-electron chi connectivity index (χ4n) is 0.991. The molecule has 13 heavy (non-hydrogen) atoms. The van der Waals surface area contributed by atoms with Crippen LogP contribution in [0, 0.1) is 0 Å². The molecule has 1 aromatic rings. The fourth-order valence-corrected chi connectivity index (χ4v) is 1.07. The van der Waals surface area contributed by atoms with E-state index in [0.29, 0.717) is 0 Å². The Hall–Kier alpha value is -0.730. The third-order valence-corrected chi connectivity index (χ3v) is 2.22. The van der Waals surface area contributed by atoms with Gasteiger partial charge in [-0.15, -0.1) is 0 Å². The van der Waals surface area contributed by atoms with E-state index in [0.717, 1.165) is 17.9 Å². The highest BCUT2D eigenvalue weighted by Gasteiger charge is 2.06. The number of nitrogens with one attached hydrogen (secondary N) is 1. The van der Waals surface area contributed by atoms with E-state index in [1.807, 2.05) is 19.1 Å². The number of furan rings is 1. The highest BCUT2D eigenvalue weighted by Crippen LogP contribution is 2.12. The molecule has 72 valence electrons. The van der Waals surface area contributed by atoms with Crippen LogP contribution in [0.25, 0.3) is 0 Å². The zero-order chi connectivity index (χ0) is 9.68. The molecule has 1 rings (SSSR count). The molecule has 0 radical (unpaired) electrons. The fraction of sp³-hybridized carbons (Fsp3) is 0.400. The third-order valence-electron chi connectivity index (χ3n) is 1.84. The van der Waals surface area contributed by atoms with Gasteiger partial charge in [-0.25, -0.2) is 0 Å². The first-order chi connectivity index (χ1) is 6.24. The van der Waals surface area contributed by atoms with Gasteiger partial charge in [-0.1, -0.05) is 11.6 Å². The van der Waals surface area contributed by atoms with Crippen molar-refractivity contribution in [3.8, 4) is 0 Å². The molecular formula is C10H14ClNO. The molecule has 0 unspecified atom stereocenters. The molecule has 1 heterocycles. The van der Waals surface area contributed by atoms with Gasteiger partial charge in [0.2, 0.25) is 0 Å². The lowest BCUT2D eigenvalue weighted by molar-refractivity contribution is 0.439. The predicted octanol–water partition coefficient (Wildman–Crippen LogP) is 3.07. The molecule has 0 aliphatic rings. The summed E-state index contributed by atoms with van der Waals surface area (Å²) in [6.07, 6.45) is 1.68. The Kier molecular flexibility index (Phi) is 4.06. The van der Waals surface area contributed by atoms with Crippen molar-refractivity contribution in [2.24, 2.45) is 0 Å². The van der Waals surface area contributed by atoms with E-state index in [2.05, 4.69) is 12.2 Å². The van der Waals surface area contributed by atoms with E-state index < -0.39 is 0 Å². The summed E-state index contributed by atoms with van der Waals surface area (Å²) in [6, 6.07) is 4.07. The Morgan fingerprint density at radius 3 is 3.08 bits per heavy atom. The zero-order valence-corrected chi connectivity index (χ0v) is 8.64. The van der Waals surface area contributed by atoms with Gasteiger partial charge in [0.25, 0.3) is 0 Å². The Labute approximate surface area is 83.6 Å². The Morgan fingerprint density at radius 1 is 1.77 bits per heavy atom. The van der Waals surface area contributed by atoms with Gasteiger partial charge in [0.1, 0.15) is 5.76 Å². The molecule has 1 aromatic heterocycles. The Morgan fingerprint density at radius 2 is 2.54 bits per heavy atom. The summed E-state index contributed by atoms with van der Waals surface area (Å²) in [7, 11) is 0. The maximum absolute atomic E-state index is 5.53. The van der Waals surface area contributed by atoms with Crippen LogP contribution in [0.1, 0.15) is 25.6 Å². The van der Waals surface area contributed by atoms with Crippen molar-refractivity contribution in [1.82, 2.24) is 5.32 Å². The molecule has 0 saturated carbocycles. The van der Waals surface area contributed by atoms with Crippen LogP contribution < -0.4 is 5.32 Å². The van der Waals surface area contributed by atoms with Crippen LogP contribution in [0.3, 0.4) is 0 Å². The largest absolute Gasteiger partial charge is 0.468 e. The molecule has 0 aliphatic carbocycles. The van der Waals surface area contributed by atoms with Crippen LogP contribution >= 0.6 is 11.6 Å². The summed E-state index contributed by atoms with van der Waals surface area (Å²) in [5, 5.41) is 3.29. The minimum absolute atomic E-state index is 0.224. The topological polar surface area (TPSA) is 25.2 Å². The lowest BCUT2D eigenvalue weighted by atomic mass is 10.2. The number of halogens is 1. The van der Waals surface area contributed by atoms with Gasteiger partial charge in [-0.05, 0) is 31.6 Å². The number of rotatable bonds is 4.